The lowest BCUT2D eigenvalue weighted by Gasteiger charge is -2.02. The second-order valence-electron chi connectivity index (χ2n) is 2.76. The molecule has 0 aliphatic carbocycles. The quantitative estimate of drug-likeness (QED) is 0.658. The van der Waals surface area contributed by atoms with Gasteiger partial charge in [0.2, 0.25) is 0 Å². The van der Waals surface area contributed by atoms with Crippen LogP contribution in [0.15, 0.2) is 18.3 Å². The summed E-state index contributed by atoms with van der Waals surface area (Å²) in [7, 11) is 0. The highest BCUT2D eigenvalue weighted by Crippen LogP contribution is 2.01. The molecule has 1 aromatic rings. The summed E-state index contributed by atoms with van der Waals surface area (Å²) in [5, 5.41) is 3.26. The van der Waals surface area contributed by atoms with Crippen molar-refractivity contribution in [1.29, 1.82) is 0 Å². The Morgan fingerprint density at radius 3 is 3.08 bits per heavy atom. The largest absolute Gasteiger partial charge is 0.399 e. The molecule has 0 saturated heterocycles. The van der Waals surface area contributed by atoms with Crippen LogP contribution in [-0.2, 0) is 6.54 Å². The fraction of sp³-hybridized carbons (Fsp3) is 0.444. The van der Waals surface area contributed by atoms with E-state index in [1.54, 1.807) is 12.3 Å². The van der Waals surface area contributed by atoms with Gasteiger partial charge < -0.3 is 11.1 Å². The lowest BCUT2D eigenvalue weighted by Crippen LogP contribution is -2.14. The number of aromatic nitrogens is 1. The minimum atomic E-state index is 0.776. The molecule has 0 amide bonds. The van der Waals surface area contributed by atoms with E-state index in [0.29, 0.717) is 0 Å². The van der Waals surface area contributed by atoms with E-state index >= 15 is 0 Å². The highest BCUT2D eigenvalue weighted by Gasteiger charge is 1.92. The first-order chi connectivity index (χ1) is 5.83. The fourth-order valence-corrected chi connectivity index (χ4v) is 0.987. The molecule has 1 rings (SSSR count). The highest BCUT2D eigenvalue weighted by molar-refractivity contribution is 5.37. The number of pyridine rings is 1. The Labute approximate surface area is 73.0 Å². The molecule has 0 spiro atoms. The third-order valence-corrected chi connectivity index (χ3v) is 1.57. The second-order valence-corrected chi connectivity index (χ2v) is 2.76. The van der Waals surface area contributed by atoms with Crippen molar-refractivity contribution < 1.29 is 0 Å². The maximum Gasteiger partial charge on any atom is 0.0562 e. The van der Waals surface area contributed by atoms with Gasteiger partial charge in [-0.25, -0.2) is 0 Å². The summed E-state index contributed by atoms with van der Waals surface area (Å²) >= 11 is 0. The van der Waals surface area contributed by atoms with Crippen molar-refractivity contribution in [2.24, 2.45) is 0 Å². The number of nitrogens with zero attached hydrogens (tertiary/aromatic N) is 1. The van der Waals surface area contributed by atoms with Gasteiger partial charge in [-0.3, -0.25) is 4.98 Å². The van der Waals surface area contributed by atoms with Crippen LogP contribution in [0.3, 0.4) is 0 Å². The van der Waals surface area contributed by atoms with Crippen molar-refractivity contribution in [3.63, 3.8) is 0 Å². The monoisotopic (exact) mass is 165 g/mol. The van der Waals surface area contributed by atoms with Gasteiger partial charge in [0.1, 0.15) is 0 Å². The summed E-state index contributed by atoms with van der Waals surface area (Å²) in [5.74, 6) is 0. The maximum atomic E-state index is 5.60. The normalized spacial score (nSPS) is 10.1. The Morgan fingerprint density at radius 2 is 2.42 bits per heavy atom. The average Bonchev–Trinajstić information content (AvgIpc) is 2.05. The van der Waals surface area contributed by atoms with E-state index in [1.165, 1.54) is 0 Å². The van der Waals surface area contributed by atoms with E-state index < -0.39 is 0 Å². The van der Waals surface area contributed by atoms with Gasteiger partial charge in [-0.1, -0.05) is 6.92 Å². The Balaban J connectivity index is 2.41. The van der Waals surface area contributed by atoms with Crippen molar-refractivity contribution >= 4 is 5.69 Å². The van der Waals surface area contributed by atoms with Gasteiger partial charge in [0.25, 0.3) is 0 Å². The van der Waals surface area contributed by atoms with Crippen molar-refractivity contribution in [2.75, 3.05) is 12.3 Å². The molecule has 3 heteroatoms. The van der Waals surface area contributed by atoms with Crippen LogP contribution in [0.2, 0.25) is 0 Å². The summed E-state index contributed by atoms with van der Waals surface area (Å²) < 4.78 is 0. The average molecular weight is 165 g/mol. The molecule has 0 bridgehead atoms. The van der Waals surface area contributed by atoms with Gasteiger partial charge in [-0.05, 0) is 25.1 Å². The zero-order valence-electron chi connectivity index (χ0n) is 7.38. The van der Waals surface area contributed by atoms with Gasteiger partial charge in [0.15, 0.2) is 0 Å². The Kier molecular flexibility index (Phi) is 3.54. The first-order valence-electron chi connectivity index (χ1n) is 4.24. The number of hydrogen-bond donors (Lipinski definition) is 2. The van der Waals surface area contributed by atoms with Gasteiger partial charge in [-0.2, -0.15) is 0 Å². The van der Waals surface area contributed by atoms with E-state index in [0.717, 1.165) is 30.9 Å². The maximum absolute atomic E-state index is 5.60. The van der Waals surface area contributed by atoms with Crippen LogP contribution < -0.4 is 11.1 Å². The summed E-state index contributed by atoms with van der Waals surface area (Å²) in [6, 6.07) is 3.69. The number of anilines is 1. The summed E-state index contributed by atoms with van der Waals surface area (Å²) in [6.07, 6.45) is 2.88. The molecule has 0 aliphatic heterocycles. The molecule has 3 N–H and O–H groups in total. The number of nitrogens with two attached hydrogens (primary N) is 1. The fourth-order valence-electron chi connectivity index (χ4n) is 0.987. The van der Waals surface area contributed by atoms with E-state index in [4.69, 9.17) is 5.73 Å². The third kappa shape index (κ3) is 2.88. The van der Waals surface area contributed by atoms with Crippen LogP contribution in [0, 0.1) is 0 Å². The molecular formula is C9H15N3. The predicted octanol–water partition coefficient (Wildman–Crippen LogP) is 1.16. The predicted molar refractivity (Wildman–Crippen MR) is 50.6 cm³/mol. The molecule has 0 aliphatic rings. The number of nitrogens with one attached hydrogen (secondary N) is 1. The van der Waals surface area contributed by atoms with Gasteiger partial charge in [-0.15, -0.1) is 0 Å². The molecule has 0 aromatic carbocycles. The van der Waals surface area contributed by atoms with Crippen LogP contribution >= 0.6 is 0 Å². The van der Waals surface area contributed by atoms with E-state index in [1.807, 2.05) is 6.07 Å². The molecular weight excluding hydrogens is 150 g/mol. The van der Waals surface area contributed by atoms with Gasteiger partial charge >= 0.3 is 0 Å². The smallest absolute Gasteiger partial charge is 0.0562 e. The summed E-state index contributed by atoms with van der Waals surface area (Å²) in [4.78, 5) is 4.17. The molecule has 0 saturated carbocycles. The van der Waals surface area contributed by atoms with Crippen molar-refractivity contribution in [3.05, 3.63) is 24.0 Å². The second kappa shape index (κ2) is 4.72. The molecule has 3 nitrogen and oxygen atoms in total. The minimum absolute atomic E-state index is 0.776. The van der Waals surface area contributed by atoms with Crippen molar-refractivity contribution in [1.82, 2.24) is 10.3 Å². The van der Waals surface area contributed by atoms with Crippen LogP contribution in [0.25, 0.3) is 0 Å². The summed E-state index contributed by atoms with van der Waals surface area (Å²) in [6.45, 7) is 3.97. The number of rotatable bonds is 4. The third-order valence-electron chi connectivity index (χ3n) is 1.57. The Morgan fingerprint density at radius 1 is 1.58 bits per heavy atom. The number of nitrogen functional groups attached to an aromatic ring is 1. The molecule has 1 heterocycles. The molecule has 0 atom stereocenters. The van der Waals surface area contributed by atoms with Crippen LogP contribution in [-0.4, -0.2) is 11.5 Å². The Hall–Kier alpha value is -1.09. The SMILES string of the molecule is CCCNCc1cc(N)ccn1. The lowest BCUT2D eigenvalue weighted by atomic mass is 10.3. The van der Waals surface area contributed by atoms with E-state index in [2.05, 4.69) is 17.2 Å². The molecule has 1 aromatic heterocycles. The molecule has 12 heavy (non-hydrogen) atoms. The van der Waals surface area contributed by atoms with Crippen molar-refractivity contribution in [3.8, 4) is 0 Å². The van der Waals surface area contributed by atoms with Gasteiger partial charge in [0, 0.05) is 18.4 Å². The standard InChI is InChI=1S/C9H15N3/c1-2-4-11-7-9-6-8(10)3-5-12-9/h3,5-6,11H,2,4,7H2,1H3,(H2,10,12). The lowest BCUT2D eigenvalue weighted by molar-refractivity contribution is 0.664. The summed E-state index contributed by atoms with van der Waals surface area (Å²) in [5.41, 5.74) is 7.37. The Bertz CT molecular complexity index is 235. The van der Waals surface area contributed by atoms with E-state index in [-0.39, 0.29) is 0 Å². The van der Waals surface area contributed by atoms with Crippen LogP contribution in [0.4, 0.5) is 5.69 Å². The minimum Gasteiger partial charge on any atom is -0.399 e. The zero-order valence-corrected chi connectivity index (χ0v) is 7.38. The zero-order chi connectivity index (χ0) is 8.81. The highest BCUT2D eigenvalue weighted by atomic mass is 14.9. The molecule has 0 fully saturated rings. The topological polar surface area (TPSA) is 50.9 Å². The molecule has 0 unspecified atom stereocenters. The van der Waals surface area contributed by atoms with Crippen LogP contribution in [0.5, 0.6) is 0 Å². The number of hydrogen-bond acceptors (Lipinski definition) is 3. The molecule has 66 valence electrons. The van der Waals surface area contributed by atoms with Crippen LogP contribution in [0.1, 0.15) is 19.0 Å². The van der Waals surface area contributed by atoms with Gasteiger partial charge in [0.05, 0.1) is 5.69 Å². The first-order valence-corrected chi connectivity index (χ1v) is 4.24. The molecule has 0 radical (unpaired) electrons. The van der Waals surface area contributed by atoms with E-state index in [9.17, 15) is 0 Å². The van der Waals surface area contributed by atoms with Crippen molar-refractivity contribution in [2.45, 2.75) is 19.9 Å². The first kappa shape index (κ1) is 9.00.